The van der Waals surface area contributed by atoms with Crippen molar-refractivity contribution in [3.05, 3.63) is 76.6 Å². The molecule has 0 aliphatic heterocycles. The molecule has 2 rings (SSSR count). The molecule has 0 amide bonds. The largest absolute Gasteiger partial charge is 0.478 e. The number of aromatic carboxylic acids is 1. The predicted octanol–water partition coefficient (Wildman–Crippen LogP) is 0.978. The van der Waals surface area contributed by atoms with E-state index in [0.717, 1.165) is 12.1 Å². The summed E-state index contributed by atoms with van der Waals surface area (Å²) >= 11 is 0. The van der Waals surface area contributed by atoms with Gasteiger partial charge in [0, 0.05) is 17.2 Å². The van der Waals surface area contributed by atoms with Gasteiger partial charge in [-0.15, -0.1) is 0 Å². The fourth-order valence-electron chi connectivity index (χ4n) is 1.91. The number of aliphatic carboxylic acids is 1. The topological polar surface area (TPSA) is 148 Å². The number of nitrogens with two attached hydrogens (primary N) is 2. The molecule has 0 saturated heterocycles. The molecule has 0 atom stereocenters. The zero-order valence-electron chi connectivity index (χ0n) is 13.7. The Balaban J connectivity index is 2.29. The van der Waals surface area contributed by atoms with E-state index >= 15 is 0 Å². The van der Waals surface area contributed by atoms with Crippen molar-refractivity contribution >= 4 is 11.9 Å². The van der Waals surface area contributed by atoms with Crippen molar-refractivity contribution in [3.63, 3.8) is 0 Å². The van der Waals surface area contributed by atoms with Crippen molar-refractivity contribution in [2.24, 2.45) is 11.6 Å². The number of nitrogens with one attached hydrogen (secondary N) is 1. The average molecular weight is 371 g/mol. The Morgan fingerprint density at radius 2 is 1.67 bits per heavy atom. The number of hydrogen-bond acceptors (Lipinski definition) is 6. The summed E-state index contributed by atoms with van der Waals surface area (Å²) in [5.74, 6) is 6.88. The maximum Gasteiger partial charge on any atom is 0.357 e. The number of carboxylic acid groups (broad SMARTS) is 2. The van der Waals surface area contributed by atoms with Gasteiger partial charge in [-0.25, -0.2) is 19.8 Å². The summed E-state index contributed by atoms with van der Waals surface area (Å²) in [6.07, 6.45) is 0. The predicted molar refractivity (Wildman–Crippen MR) is 92.6 cm³/mol. The standard InChI is InChI=1S/C18H14FN3O5/c19-13-7-11(2-1-10-3-5-12(6-4-10)17(23)24)8-14(9-13)27-16(22-21)15(20)18(25)26/h3-9,22H,20-21H2,(H,23,24)(H,25,26)/b16-15+. The van der Waals surface area contributed by atoms with Crippen molar-refractivity contribution < 1.29 is 28.9 Å². The van der Waals surface area contributed by atoms with Crippen LogP contribution in [0.3, 0.4) is 0 Å². The summed E-state index contributed by atoms with van der Waals surface area (Å²) in [6.45, 7) is 0. The molecule has 2 aromatic carbocycles. The summed E-state index contributed by atoms with van der Waals surface area (Å²) in [6, 6.07) is 9.31. The van der Waals surface area contributed by atoms with Gasteiger partial charge in [-0.3, -0.25) is 5.43 Å². The Hall–Kier alpha value is -4.03. The third-order valence-electron chi connectivity index (χ3n) is 3.18. The maximum atomic E-state index is 13.8. The van der Waals surface area contributed by atoms with Crippen LogP contribution in [0.5, 0.6) is 5.75 Å². The summed E-state index contributed by atoms with van der Waals surface area (Å²) in [7, 11) is 0. The van der Waals surface area contributed by atoms with E-state index in [1.54, 1.807) is 0 Å². The molecule has 0 radical (unpaired) electrons. The van der Waals surface area contributed by atoms with Gasteiger partial charge in [0.15, 0.2) is 5.70 Å². The number of halogens is 1. The van der Waals surface area contributed by atoms with E-state index in [1.807, 2.05) is 5.43 Å². The first kappa shape index (κ1) is 19.3. The monoisotopic (exact) mass is 371 g/mol. The Kier molecular flexibility index (Phi) is 5.98. The van der Waals surface area contributed by atoms with Crippen LogP contribution in [0, 0.1) is 17.7 Å². The van der Waals surface area contributed by atoms with Gasteiger partial charge in [0.25, 0.3) is 0 Å². The maximum absolute atomic E-state index is 13.8. The highest BCUT2D eigenvalue weighted by Crippen LogP contribution is 2.18. The van der Waals surface area contributed by atoms with E-state index in [4.69, 9.17) is 26.5 Å². The van der Waals surface area contributed by atoms with Crippen molar-refractivity contribution in [2.75, 3.05) is 0 Å². The number of carboxylic acids is 2. The highest BCUT2D eigenvalue weighted by atomic mass is 19.1. The van der Waals surface area contributed by atoms with Crippen LogP contribution in [0.15, 0.2) is 54.0 Å². The van der Waals surface area contributed by atoms with Gasteiger partial charge in [0.2, 0.25) is 5.88 Å². The fraction of sp³-hybridized carbons (Fsp3) is 0. The number of hydrogen-bond donors (Lipinski definition) is 5. The highest BCUT2D eigenvalue weighted by molar-refractivity contribution is 5.87. The molecule has 0 unspecified atom stereocenters. The Bertz CT molecular complexity index is 975. The molecule has 27 heavy (non-hydrogen) atoms. The van der Waals surface area contributed by atoms with Gasteiger partial charge in [0.1, 0.15) is 11.6 Å². The van der Waals surface area contributed by atoms with Crippen molar-refractivity contribution in [1.29, 1.82) is 0 Å². The first-order valence-corrected chi connectivity index (χ1v) is 7.33. The Morgan fingerprint density at radius 1 is 1.04 bits per heavy atom. The van der Waals surface area contributed by atoms with Gasteiger partial charge < -0.3 is 20.7 Å². The van der Waals surface area contributed by atoms with E-state index in [9.17, 15) is 14.0 Å². The van der Waals surface area contributed by atoms with Crippen LogP contribution in [0.25, 0.3) is 0 Å². The van der Waals surface area contributed by atoms with Gasteiger partial charge >= 0.3 is 11.9 Å². The van der Waals surface area contributed by atoms with Crippen LogP contribution in [0.1, 0.15) is 21.5 Å². The van der Waals surface area contributed by atoms with Crippen molar-refractivity contribution in [2.45, 2.75) is 0 Å². The van der Waals surface area contributed by atoms with Crippen LogP contribution < -0.4 is 21.7 Å². The molecule has 0 bridgehead atoms. The van der Waals surface area contributed by atoms with Gasteiger partial charge in [0.05, 0.1) is 5.56 Å². The molecule has 0 aromatic heterocycles. The van der Waals surface area contributed by atoms with Crippen LogP contribution >= 0.6 is 0 Å². The molecule has 8 nitrogen and oxygen atoms in total. The van der Waals surface area contributed by atoms with Crippen molar-refractivity contribution in [3.8, 4) is 17.6 Å². The molecule has 0 heterocycles. The van der Waals surface area contributed by atoms with Crippen LogP contribution in [-0.2, 0) is 4.79 Å². The Labute approximate surface area is 152 Å². The zero-order chi connectivity index (χ0) is 20.0. The van der Waals surface area contributed by atoms with Gasteiger partial charge in [-0.2, -0.15) is 0 Å². The summed E-state index contributed by atoms with van der Waals surface area (Å²) in [5.41, 5.74) is 7.48. The minimum Gasteiger partial charge on any atom is -0.478 e. The molecule has 0 aliphatic rings. The SMILES string of the molecule is NN/C(Oc1cc(F)cc(C#Cc2ccc(C(=O)O)cc2)c1)=C(\N)C(=O)O. The van der Waals surface area contributed by atoms with Gasteiger partial charge in [-0.05, 0) is 36.4 Å². The zero-order valence-corrected chi connectivity index (χ0v) is 13.7. The fourth-order valence-corrected chi connectivity index (χ4v) is 1.91. The van der Waals surface area contributed by atoms with Crippen molar-refractivity contribution in [1.82, 2.24) is 5.43 Å². The van der Waals surface area contributed by atoms with E-state index in [-0.39, 0.29) is 16.9 Å². The Morgan fingerprint density at radius 3 is 2.22 bits per heavy atom. The lowest BCUT2D eigenvalue weighted by Crippen LogP contribution is -2.31. The molecule has 0 aliphatic carbocycles. The van der Waals surface area contributed by atoms with E-state index in [0.29, 0.717) is 5.56 Å². The minimum atomic E-state index is -1.47. The third-order valence-corrected chi connectivity index (χ3v) is 3.18. The molecule has 0 saturated carbocycles. The second-order valence-corrected chi connectivity index (χ2v) is 5.10. The van der Waals surface area contributed by atoms with E-state index in [2.05, 4.69) is 11.8 Å². The number of hydrazine groups is 1. The molecular formula is C18H14FN3O5. The lowest BCUT2D eigenvalue weighted by Gasteiger charge is -2.11. The number of ether oxygens (including phenoxy) is 1. The quantitative estimate of drug-likeness (QED) is 0.172. The number of carbonyl (C=O) groups is 2. The lowest BCUT2D eigenvalue weighted by molar-refractivity contribution is -0.132. The normalized spacial score (nSPS) is 10.9. The summed E-state index contributed by atoms with van der Waals surface area (Å²) < 4.78 is 18.9. The molecule has 0 fully saturated rings. The van der Waals surface area contributed by atoms with E-state index in [1.165, 1.54) is 30.3 Å². The van der Waals surface area contributed by atoms with E-state index < -0.39 is 29.3 Å². The summed E-state index contributed by atoms with van der Waals surface area (Å²) in [5, 5.41) is 17.7. The first-order chi connectivity index (χ1) is 12.8. The first-order valence-electron chi connectivity index (χ1n) is 7.33. The molecule has 0 spiro atoms. The third kappa shape index (κ3) is 5.22. The van der Waals surface area contributed by atoms with Crippen LogP contribution in [0.2, 0.25) is 0 Å². The second kappa shape index (κ2) is 8.37. The highest BCUT2D eigenvalue weighted by Gasteiger charge is 2.13. The molecule has 7 N–H and O–H groups in total. The molecule has 9 heteroatoms. The average Bonchev–Trinajstić information content (AvgIpc) is 2.63. The smallest absolute Gasteiger partial charge is 0.357 e. The second-order valence-electron chi connectivity index (χ2n) is 5.10. The molecule has 138 valence electrons. The van der Waals surface area contributed by atoms with Gasteiger partial charge in [-0.1, -0.05) is 11.8 Å². The molecular weight excluding hydrogens is 357 g/mol. The van der Waals surface area contributed by atoms with Crippen LogP contribution in [0.4, 0.5) is 4.39 Å². The summed E-state index contributed by atoms with van der Waals surface area (Å²) in [4.78, 5) is 21.7. The lowest BCUT2D eigenvalue weighted by atomic mass is 10.1. The number of benzene rings is 2. The minimum absolute atomic E-state index is 0.0716. The van der Waals surface area contributed by atoms with Crippen LogP contribution in [-0.4, -0.2) is 22.2 Å². The molecule has 2 aromatic rings. The number of rotatable bonds is 5.